The molecule has 0 fully saturated rings. The van der Waals surface area contributed by atoms with Gasteiger partial charge in [-0.1, -0.05) is 33.9 Å². The van der Waals surface area contributed by atoms with E-state index in [9.17, 15) is 0 Å². The van der Waals surface area contributed by atoms with E-state index in [1.807, 2.05) is 20.9 Å². The fraction of sp³-hybridized carbons (Fsp3) is 1.00. The van der Waals surface area contributed by atoms with Gasteiger partial charge in [-0.2, -0.15) is 0 Å². The van der Waals surface area contributed by atoms with E-state index >= 15 is 0 Å². The van der Waals surface area contributed by atoms with Crippen LogP contribution in [0.2, 0.25) is 13.6 Å². The molecule has 0 heterocycles. The minimum Gasteiger partial charge on any atom is -0.400 e. The van der Waals surface area contributed by atoms with Gasteiger partial charge in [0, 0.05) is 39.8 Å². The van der Waals surface area contributed by atoms with E-state index in [0.29, 0.717) is 0 Å². The Morgan fingerprint density at radius 3 is 1.11 bits per heavy atom. The van der Waals surface area contributed by atoms with Crippen molar-refractivity contribution in [1.82, 2.24) is 0 Å². The van der Waals surface area contributed by atoms with Gasteiger partial charge in [-0.05, 0) is 0 Å². The number of hydrogen-bond donors (Lipinski definition) is 1. The van der Waals surface area contributed by atoms with Crippen LogP contribution in [-0.4, -0.2) is 19.5 Å². The summed E-state index contributed by atoms with van der Waals surface area (Å²) in [6.07, 6.45) is 1.25. The van der Waals surface area contributed by atoms with Gasteiger partial charge in [0.25, 0.3) is 0 Å². The minimum absolute atomic E-state index is 0. The van der Waals surface area contributed by atoms with Crippen LogP contribution in [0.15, 0.2) is 0 Å². The van der Waals surface area contributed by atoms with E-state index in [1.165, 1.54) is 6.42 Å². The molecule has 0 aromatic heterocycles. The minimum atomic E-state index is 0. The first kappa shape index (κ1) is 22.5. The summed E-state index contributed by atoms with van der Waals surface area (Å²) in [6.45, 7) is 8.25. The third-order valence-electron chi connectivity index (χ3n) is 0. The Morgan fingerprint density at radius 1 is 1.11 bits per heavy atom. The summed E-state index contributed by atoms with van der Waals surface area (Å²) in [7, 11) is 3.00. The molecule has 0 unspecified atom stereocenters. The number of aliphatic hydroxyl groups excluding tert-OH is 1. The summed E-state index contributed by atoms with van der Waals surface area (Å²) < 4.78 is 0. The Hall–Kier alpha value is 1.13. The molecule has 2 radical (unpaired) electrons. The summed E-state index contributed by atoms with van der Waals surface area (Å²) in [5.41, 5.74) is 0. The third-order valence-corrected chi connectivity index (χ3v) is 0. The van der Waals surface area contributed by atoms with Crippen molar-refractivity contribution in [3.05, 3.63) is 0 Å². The van der Waals surface area contributed by atoms with E-state index in [-0.39, 0.29) is 32.7 Å². The van der Waals surface area contributed by atoms with Crippen LogP contribution in [0.25, 0.3) is 0 Å². The summed E-state index contributed by atoms with van der Waals surface area (Å²) in [5.74, 6) is 0. The molecule has 0 amide bonds. The molecule has 9 heavy (non-hydrogen) atoms. The van der Waals surface area contributed by atoms with Crippen LogP contribution in [-0.2, 0) is 32.7 Å². The van der Waals surface area contributed by atoms with Crippen LogP contribution in [0.4, 0.5) is 0 Å². The summed E-state index contributed by atoms with van der Waals surface area (Å²) in [4.78, 5) is 0. The standard InChI is InChI=1S/C3H8.C2H6B.CH4O.Y/c2*1-3-2;1-2;/h3H2,1-2H3;1-2H3;2H,1H3;. The zero-order valence-electron chi connectivity index (χ0n) is 7.31. The van der Waals surface area contributed by atoms with Crippen LogP contribution in [0, 0.1) is 0 Å². The van der Waals surface area contributed by atoms with E-state index in [2.05, 4.69) is 13.8 Å². The molecular weight excluding hydrogens is 188 g/mol. The van der Waals surface area contributed by atoms with E-state index in [1.54, 1.807) is 0 Å². The molecule has 3 heteroatoms. The summed E-state index contributed by atoms with van der Waals surface area (Å²) >= 11 is 0. The quantitative estimate of drug-likeness (QED) is 0.599. The summed E-state index contributed by atoms with van der Waals surface area (Å²) in [6, 6.07) is 0. The van der Waals surface area contributed by atoms with Crippen molar-refractivity contribution in [3.63, 3.8) is 0 Å². The van der Waals surface area contributed by atoms with Gasteiger partial charge < -0.3 is 5.11 Å². The SMILES string of the molecule is CCC.CO.C[B]C.[Y]. The Labute approximate surface area is 85.7 Å². The zero-order chi connectivity index (χ0) is 7.41. The van der Waals surface area contributed by atoms with Gasteiger partial charge in [0.15, 0.2) is 0 Å². The van der Waals surface area contributed by atoms with Crippen LogP contribution in [0.3, 0.4) is 0 Å². The predicted molar refractivity (Wildman–Crippen MR) is 41.6 cm³/mol. The normalized spacial score (nSPS) is 4.22. The molecular formula is C6H18BOY. The van der Waals surface area contributed by atoms with Crippen molar-refractivity contribution in [1.29, 1.82) is 0 Å². The number of rotatable bonds is 0. The molecule has 0 saturated heterocycles. The second kappa shape index (κ2) is 61.6. The Kier molecular flexibility index (Phi) is 154. The van der Waals surface area contributed by atoms with Crippen LogP contribution in [0.5, 0.6) is 0 Å². The smallest absolute Gasteiger partial charge is 0.102 e. The summed E-state index contributed by atoms with van der Waals surface area (Å²) in [5, 5.41) is 7.00. The van der Waals surface area contributed by atoms with Gasteiger partial charge in [0.1, 0.15) is 7.28 Å². The van der Waals surface area contributed by atoms with E-state index in [4.69, 9.17) is 5.11 Å². The van der Waals surface area contributed by atoms with Crippen molar-refractivity contribution in [3.8, 4) is 0 Å². The predicted octanol–water partition coefficient (Wildman–Crippen LogP) is 1.81. The van der Waals surface area contributed by atoms with Gasteiger partial charge in [0.05, 0.1) is 0 Å². The molecule has 0 rings (SSSR count). The van der Waals surface area contributed by atoms with Crippen LogP contribution in [0.1, 0.15) is 20.3 Å². The van der Waals surface area contributed by atoms with Crippen molar-refractivity contribution < 1.29 is 37.8 Å². The fourth-order valence-electron chi connectivity index (χ4n) is 0. The third kappa shape index (κ3) is 364. The molecule has 0 aliphatic rings. The van der Waals surface area contributed by atoms with Gasteiger partial charge in [-0.15, -0.1) is 0 Å². The van der Waals surface area contributed by atoms with Crippen LogP contribution < -0.4 is 0 Å². The first-order chi connectivity index (χ1) is 3.83. The van der Waals surface area contributed by atoms with Gasteiger partial charge >= 0.3 is 0 Å². The topological polar surface area (TPSA) is 20.2 Å². The van der Waals surface area contributed by atoms with Crippen molar-refractivity contribution >= 4 is 7.28 Å². The first-order valence-corrected chi connectivity index (χ1v) is 3.02. The molecule has 0 spiro atoms. The average Bonchev–Trinajstić information content (AvgIpc) is 1.75. The molecule has 0 aromatic rings. The number of aliphatic hydroxyl groups is 1. The second-order valence-corrected chi connectivity index (χ2v) is 1.28. The first-order valence-electron chi connectivity index (χ1n) is 3.02. The van der Waals surface area contributed by atoms with E-state index < -0.39 is 0 Å². The monoisotopic (exact) mass is 206 g/mol. The molecule has 0 atom stereocenters. The number of hydrogen-bond acceptors (Lipinski definition) is 1. The molecule has 1 nitrogen and oxygen atoms in total. The second-order valence-electron chi connectivity index (χ2n) is 1.28. The maximum Gasteiger partial charge on any atom is 0.102 e. The Morgan fingerprint density at radius 2 is 1.11 bits per heavy atom. The van der Waals surface area contributed by atoms with Crippen molar-refractivity contribution in [2.75, 3.05) is 7.11 Å². The maximum atomic E-state index is 7.00. The molecule has 0 bridgehead atoms. The molecule has 0 aromatic carbocycles. The molecule has 1 N–H and O–H groups in total. The van der Waals surface area contributed by atoms with E-state index in [0.717, 1.165) is 7.11 Å². The largest absolute Gasteiger partial charge is 0.400 e. The van der Waals surface area contributed by atoms with Gasteiger partial charge in [-0.25, -0.2) is 0 Å². The fourth-order valence-corrected chi connectivity index (χ4v) is 0. The average molecular weight is 206 g/mol. The maximum absolute atomic E-state index is 7.00. The van der Waals surface area contributed by atoms with Gasteiger partial charge in [-0.3, -0.25) is 0 Å². The molecule has 0 aliphatic heterocycles. The molecule has 0 saturated carbocycles. The van der Waals surface area contributed by atoms with Crippen LogP contribution >= 0.6 is 0 Å². The Bertz CT molecular complexity index is 15.0. The van der Waals surface area contributed by atoms with Crippen molar-refractivity contribution in [2.24, 2.45) is 0 Å². The molecule has 54 valence electrons. The zero-order valence-corrected chi connectivity index (χ0v) is 10.1. The molecule has 0 aliphatic carbocycles. The Balaban J connectivity index is -0.0000000202. The van der Waals surface area contributed by atoms with Gasteiger partial charge in [0.2, 0.25) is 0 Å². The van der Waals surface area contributed by atoms with Crippen molar-refractivity contribution in [2.45, 2.75) is 33.9 Å².